The van der Waals surface area contributed by atoms with Gasteiger partial charge in [0, 0.05) is 35.6 Å². The van der Waals surface area contributed by atoms with Crippen LogP contribution in [0, 0.1) is 0 Å². The van der Waals surface area contributed by atoms with Crippen molar-refractivity contribution in [2.45, 2.75) is 22.1 Å². The smallest absolute Gasteiger partial charge is 0.325 e. The van der Waals surface area contributed by atoms with E-state index in [9.17, 15) is 18.3 Å². The number of halogens is 1. The highest BCUT2D eigenvalue weighted by Gasteiger charge is 2.63. The summed E-state index contributed by atoms with van der Waals surface area (Å²) in [7, 11) is -0.218. The summed E-state index contributed by atoms with van der Waals surface area (Å²) in [6, 6.07) is 17.8. The molecule has 2 N–H and O–H groups in total. The maximum Gasteiger partial charge on any atom is 0.325 e. The molecule has 1 aliphatic carbocycles. The lowest BCUT2D eigenvalue weighted by Gasteiger charge is -2.17. The van der Waals surface area contributed by atoms with Crippen molar-refractivity contribution in [3.63, 3.8) is 0 Å². The van der Waals surface area contributed by atoms with Crippen molar-refractivity contribution in [3.05, 3.63) is 71.2 Å². The van der Waals surface area contributed by atoms with E-state index in [1.54, 1.807) is 18.2 Å². The summed E-state index contributed by atoms with van der Waals surface area (Å²) in [5.74, 6) is -1.61. The predicted molar refractivity (Wildman–Crippen MR) is 124 cm³/mol. The minimum Gasteiger partial charge on any atom is -0.480 e. The lowest BCUT2D eigenvalue weighted by Crippen LogP contribution is -2.44. The maximum absolute atomic E-state index is 13.0. The number of thiophene rings is 1. The summed E-state index contributed by atoms with van der Waals surface area (Å²) in [5.41, 5.74) is 1.02. The summed E-state index contributed by atoms with van der Waals surface area (Å²) in [4.78, 5) is 14.8. The molecule has 1 fully saturated rings. The molecule has 2 aromatic carbocycles. The van der Waals surface area contributed by atoms with Gasteiger partial charge in [0.2, 0.25) is 0 Å². The summed E-state index contributed by atoms with van der Waals surface area (Å²) >= 11 is 7.01. The number of carboxylic acids is 1. The van der Waals surface area contributed by atoms with Crippen LogP contribution in [0.4, 0.5) is 5.69 Å². The molecule has 0 saturated heterocycles. The molecule has 1 heterocycles. The fourth-order valence-electron chi connectivity index (χ4n) is 3.60. The Morgan fingerprint density at radius 1 is 1.16 bits per heavy atom. The Bertz CT molecular complexity index is 1240. The van der Waals surface area contributed by atoms with Gasteiger partial charge in [-0.05, 0) is 53.9 Å². The van der Waals surface area contributed by atoms with E-state index in [0.29, 0.717) is 5.02 Å². The Kier molecular flexibility index (Phi) is 5.59. The number of benzene rings is 2. The molecule has 1 saturated carbocycles. The Morgan fingerprint density at radius 2 is 1.87 bits per heavy atom. The first kappa shape index (κ1) is 21.8. The van der Waals surface area contributed by atoms with Gasteiger partial charge < -0.3 is 10.0 Å². The van der Waals surface area contributed by atoms with Crippen LogP contribution >= 0.6 is 22.9 Å². The average Bonchev–Trinajstić information content (AvgIpc) is 3.22. The summed E-state index contributed by atoms with van der Waals surface area (Å²) in [5, 5.41) is 10.5. The molecule has 0 radical (unpaired) electrons. The lowest BCUT2D eigenvalue weighted by molar-refractivity contribution is -0.140. The molecule has 9 heteroatoms. The van der Waals surface area contributed by atoms with Crippen molar-refractivity contribution in [2.75, 3.05) is 19.0 Å². The van der Waals surface area contributed by atoms with Gasteiger partial charge >= 0.3 is 5.97 Å². The molecule has 0 aliphatic heterocycles. The van der Waals surface area contributed by atoms with Crippen molar-refractivity contribution in [1.82, 2.24) is 4.72 Å². The predicted octanol–water partition coefficient (Wildman–Crippen LogP) is 4.42. The minimum absolute atomic E-state index is 0.0748. The fraction of sp³-hybridized carbons (Fsp3) is 0.227. The second-order valence-electron chi connectivity index (χ2n) is 7.75. The normalized spacial score (nSPS) is 20.4. The number of carbonyl (C=O) groups is 1. The Balaban J connectivity index is 1.60. The first-order valence-electron chi connectivity index (χ1n) is 9.53. The van der Waals surface area contributed by atoms with Crippen molar-refractivity contribution in [2.24, 2.45) is 0 Å². The average molecular weight is 477 g/mol. The molecule has 0 unspecified atom stereocenters. The van der Waals surface area contributed by atoms with E-state index < -0.39 is 27.4 Å². The number of aliphatic carboxylic acids is 1. The van der Waals surface area contributed by atoms with Crippen LogP contribution in [0.25, 0.3) is 10.4 Å². The molecule has 0 amide bonds. The van der Waals surface area contributed by atoms with E-state index >= 15 is 0 Å². The van der Waals surface area contributed by atoms with Crippen LogP contribution in [0.2, 0.25) is 5.02 Å². The van der Waals surface area contributed by atoms with Gasteiger partial charge in [0.15, 0.2) is 0 Å². The van der Waals surface area contributed by atoms with E-state index in [4.69, 9.17) is 11.6 Å². The van der Waals surface area contributed by atoms with Crippen LogP contribution in [0.15, 0.2) is 64.9 Å². The van der Waals surface area contributed by atoms with Gasteiger partial charge in [-0.2, -0.15) is 4.72 Å². The summed E-state index contributed by atoms with van der Waals surface area (Å²) in [6.45, 7) is 0. The van der Waals surface area contributed by atoms with Gasteiger partial charge in [-0.15, -0.1) is 11.3 Å². The standard InChI is InChI=1S/C22H21ClN2O4S2/c1-25(2)17-5-3-4-15(12-17)18-13-22(18,21(26)27)24-31(28,29)20-11-10-19(30-20)14-6-8-16(23)9-7-14/h3-12,18,24H,13H2,1-2H3,(H,26,27)/t18-,22+/m1/s1. The number of nitrogens with one attached hydrogen (secondary N) is 1. The second-order valence-corrected chi connectivity index (χ2v) is 11.2. The third-order valence-corrected chi connectivity index (χ3v) is 8.81. The van der Waals surface area contributed by atoms with Crippen LogP contribution in [0.1, 0.15) is 17.9 Å². The molecule has 2 atom stereocenters. The maximum atomic E-state index is 13.0. The third-order valence-electron chi connectivity index (χ3n) is 5.42. The largest absolute Gasteiger partial charge is 0.480 e. The Hall–Kier alpha value is -2.39. The van der Waals surface area contributed by atoms with E-state index in [0.717, 1.165) is 33.0 Å². The third kappa shape index (κ3) is 4.21. The van der Waals surface area contributed by atoms with Crippen LogP contribution < -0.4 is 9.62 Å². The topological polar surface area (TPSA) is 86.7 Å². The number of sulfonamides is 1. The zero-order valence-corrected chi connectivity index (χ0v) is 19.3. The van der Waals surface area contributed by atoms with E-state index in [-0.39, 0.29) is 10.6 Å². The van der Waals surface area contributed by atoms with Crippen molar-refractivity contribution in [1.29, 1.82) is 0 Å². The molecule has 31 heavy (non-hydrogen) atoms. The van der Waals surface area contributed by atoms with Crippen LogP contribution in [-0.2, 0) is 14.8 Å². The Labute approximate surface area is 190 Å². The van der Waals surface area contributed by atoms with Gasteiger partial charge in [-0.3, -0.25) is 4.79 Å². The van der Waals surface area contributed by atoms with Gasteiger partial charge in [0.1, 0.15) is 9.75 Å². The highest BCUT2D eigenvalue weighted by Crippen LogP contribution is 2.53. The van der Waals surface area contributed by atoms with Crippen LogP contribution in [0.3, 0.4) is 0 Å². The lowest BCUT2D eigenvalue weighted by atomic mass is 10.1. The first-order valence-corrected chi connectivity index (χ1v) is 12.2. The van der Waals surface area contributed by atoms with Crippen LogP contribution in [-0.4, -0.2) is 39.1 Å². The molecule has 0 spiro atoms. The molecular weight excluding hydrogens is 456 g/mol. The van der Waals surface area contributed by atoms with Crippen LogP contribution in [0.5, 0.6) is 0 Å². The molecule has 6 nitrogen and oxygen atoms in total. The van der Waals surface area contributed by atoms with Gasteiger partial charge in [0.05, 0.1) is 0 Å². The van der Waals surface area contributed by atoms with Crippen molar-refractivity contribution >= 4 is 44.6 Å². The molecule has 162 valence electrons. The Morgan fingerprint density at radius 3 is 2.52 bits per heavy atom. The van der Waals surface area contributed by atoms with E-state index in [1.165, 1.54) is 6.07 Å². The van der Waals surface area contributed by atoms with E-state index in [2.05, 4.69) is 4.72 Å². The first-order chi connectivity index (χ1) is 14.6. The second kappa shape index (κ2) is 7.94. The van der Waals surface area contributed by atoms with Crippen molar-refractivity contribution in [3.8, 4) is 10.4 Å². The molecule has 1 aromatic heterocycles. The number of hydrogen-bond donors (Lipinski definition) is 2. The number of hydrogen-bond acceptors (Lipinski definition) is 5. The summed E-state index contributed by atoms with van der Waals surface area (Å²) in [6.07, 6.45) is 0.202. The minimum atomic E-state index is -4.01. The quantitative estimate of drug-likeness (QED) is 0.527. The molecule has 3 aromatic rings. The zero-order valence-electron chi connectivity index (χ0n) is 16.9. The highest BCUT2D eigenvalue weighted by atomic mass is 35.5. The van der Waals surface area contributed by atoms with Gasteiger partial charge in [-0.25, -0.2) is 8.42 Å². The van der Waals surface area contributed by atoms with Gasteiger partial charge in [-0.1, -0.05) is 35.9 Å². The fourth-order valence-corrected chi connectivity index (χ4v) is 6.44. The van der Waals surface area contributed by atoms with Crippen molar-refractivity contribution < 1.29 is 18.3 Å². The number of rotatable bonds is 7. The molecule has 0 bridgehead atoms. The number of anilines is 1. The van der Waals surface area contributed by atoms with Gasteiger partial charge in [0.25, 0.3) is 10.0 Å². The monoisotopic (exact) mass is 476 g/mol. The number of carboxylic acid groups (broad SMARTS) is 1. The molecule has 1 aliphatic rings. The zero-order chi connectivity index (χ0) is 22.4. The summed E-state index contributed by atoms with van der Waals surface area (Å²) < 4.78 is 28.7. The highest BCUT2D eigenvalue weighted by molar-refractivity contribution is 7.91. The molecule has 4 rings (SSSR count). The SMILES string of the molecule is CN(C)c1cccc([C@H]2C[C@@]2(NS(=O)(=O)c2ccc(-c3ccc(Cl)cc3)s2)C(=O)O)c1. The molecular formula is C22H21ClN2O4S2. The number of nitrogens with zero attached hydrogens (tertiary/aromatic N) is 1. The van der Waals surface area contributed by atoms with E-state index in [1.807, 2.05) is 55.4 Å².